The van der Waals surface area contributed by atoms with Crippen molar-refractivity contribution in [1.29, 1.82) is 0 Å². The van der Waals surface area contributed by atoms with Crippen LogP contribution in [0.1, 0.15) is 39.0 Å². The molecule has 0 atom stereocenters. The summed E-state index contributed by atoms with van der Waals surface area (Å²) in [5, 5.41) is -0.246. The molecule has 1 amide bonds. The van der Waals surface area contributed by atoms with E-state index in [0.717, 1.165) is 25.7 Å². The third-order valence-electron chi connectivity index (χ3n) is 4.80. The van der Waals surface area contributed by atoms with Crippen LogP contribution in [0.5, 0.6) is 5.88 Å². The van der Waals surface area contributed by atoms with Crippen LogP contribution in [0.2, 0.25) is 0 Å². The van der Waals surface area contributed by atoms with Crippen molar-refractivity contribution in [2.75, 3.05) is 24.4 Å². The Morgan fingerprint density at radius 1 is 1.28 bits per heavy atom. The normalized spacial score (nSPS) is 18.9. The first-order valence-corrected chi connectivity index (χ1v) is 10.3. The molecule has 1 saturated heterocycles. The number of sulfonamides is 1. The zero-order valence-electron chi connectivity index (χ0n) is 14.7. The number of likely N-dealkylation sites (tertiary alicyclic amines) is 1. The van der Waals surface area contributed by atoms with Crippen LogP contribution in [0.3, 0.4) is 0 Å². The highest BCUT2D eigenvalue weighted by Gasteiger charge is 2.38. The van der Waals surface area contributed by atoms with Crippen LogP contribution in [-0.4, -0.2) is 55.7 Å². The number of nitrogens with zero attached hydrogens (tertiary/aromatic N) is 3. The Balaban J connectivity index is 1.56. The number of ether oxygens (including phenoxy) is 1. The van der Waals surface area contributed by atoms with Gasteiger partial charge in [-0.25, -0.2) is 13.4 Å². The van der Waals surface area contributed by atoms with Crippen molar-refractivity contribution >= 4 is 21.6 Å². The number of hydrogen-bond acceptors (Lipinski definition) is 5. The van der Waals surface area contributed by atoms with E-state index in [1.165, 1.54) is 10.5 Å². The van der Waals surface area contributed by atoms with Gasteiger partial charge in [0.1, 0.15) is 6.10 Å². The summed E-state index contributed by atoms with van der Waals surface area (Å²) in [5.74, 6) is 0.669. The van der Waals surface area contributed by atoms with Crippen molar-refractivity contribution in [2.24, 2.45) is 0 Å². The molecule has 25 heavy (non-hydrogen) atoms. The number of anilines is 1. The molecular weight excluding hydrogens is 342 g/mol. The van der Waals surface area contributed by atoms with Crippen LogP contribution >= 0.6 is 0 Å². The second-order valence-corrected chi connectivity index (χ2v) is 8.86. The first-order chi connectivity index (χ1) is 11.9. The van der Waals surface area contributed by atoms with E-state index >= 15 is 0 Å². The molecule has 0 unspecified atom stereocenters. The smallest absolute Gasteiger partial charge is 0.237 e. The molecule has 2 fully saturated rings. The molecule has 2 heterocycles. The second-order valence-electron chi connectivity index (χ2n) is 6.62. The molecule has 1 aromatic heterocycles. The summed E-state index contributed by atoms with van der Waals surface area (Å²) in [6.07, 6.45) is 5.14. The van der Waals surface area contributed by atoms with E-state index in [1.807, 2.05) is 11.8 Å². The van der Waals surface area contributed by atoms with Gasteiger partial charge in [0.15, 0.2) is 0 Å². The molecule has 1 saturated carbocycles. The average Bonchev–Trinajstić information content (AvgIpc) is 3.47. The Bertz CT molecular complexity index is 708. The number of aromatic nitrogens is 1. The average molecular weight is 367 g/mol. The maximum absolute atomic E-state index is 12.2. The minimum Gasteiger partial charge on any atom is -0.474 e. The van der Waals surface area contributed by atoms with Gasteiger partial charge in [0.25, 0.3) is 0 Å². The first kappa shape index (κ1) is 18.0. The molecule has 2 aliphatic rings. The molecule has 0 bridgehead atoms. The number of carbonyl (C=O) groups excluding carboxylic acids is 1. The summed E-state index contributed by atoms with van der Waals surface area (Å²) in [6, 6.07) is 3.43. The van der Waals surface area contributed by atoms with Crippen molar-refractivity contribution in [2.45, 2.75) is 50.4 Å². The lowest BCUT2D eigenvalue weighted by Gasteiger charge is -2.31. The summed E-state index contributed by atoms with van der Waals surface area (Å²) in [4.78, 5) is 17.8. The number of rotatable bonds is 6. The topological polar surface area (TPSA) is 79.8 Å². The molecule has 0 spiro atoms. The molecule has 8 heteroatoms. The number of hydrogen-bond donors (Lipinski definition) is 0. The third kappa shape index (κ3) is 4.05. The van der Waals surface area contributed by atoms with Gasteiger partial charge in [0.2, 0.25) is 21.8 Å². The Morgan fingerprint density at radius 3 is 2.48 bits per heavy atom. The lowest BCUT2D eigenvalue weighted by Crippen LogP contribution is -2.41. The second kappa shape index (κ2) is 7.19. The monoisotopic (exact) mass is 367 g/mol. The molecule has 0 N–H and O–H groups in total. The predicted molar refractivity (Wildman–Crippen MR) is 95.1 cm³/mol. The molecule has 138 valence electrons. The highest BCUT2D eigenvalue weighted by Crippen LogP contribution is 2.32. The fraction of sp³-hybridized carbons (Fsp3) is 0.647. The Kier molecular flexibility index (Phi) is 5.17. The van der Waals surface area contributed by atoms with Gasteiger partial charge in [-0.3, -0.25) is 9.10 Å². The van der Waals surface area contributed by atoms with E-state index in [4.69, 9.17) is 4.74 Å². The van der Waals surface area contributed by atoms with E-state index in [1.54, 1.807) is 19.2 Å². The number of pyridine rings is 1. The van der Waals surface area contributed by atoms with Gasteiger partial charge >= 0.3 is 0 Å². The number of carbonyl (C=O) groups is 1. The Morgan fingerprint density at radius 2 is 1.96 bits per heavy atom. The summed E-state index contributed by atoms with van der Waals surface area (Å²) < 4.78 is 31.7. The molecule has 3 rings (SSSR count). The molecular formula is C17H25N3O4S. The van der Waals surface area contributed by atoms with Gasteiger partial charge in [-0.15, -0.1) is 0 Å². The van der Waals surface area contributed by atoms with Gasteiger partial charge in [0, 0.05) is 45.5 Å². The Labute approximate surface area is 149 Å². The summed E-state index contributed by atoms with van der Waals surface area (Å²) in [5.41, 5.74) is 0.544. The molecule has 0 radical (unpaired) electrons. The molecule has 1 aliphatic carbocycles. The van der Waals surface area contributed by atoms with E-state index in [-0.39, 0.29) is 17.3 Å². The van der Waals surface area contributed by atoms with Gasteiger partial charge in [-0.2, -0.15) is 0 Å². The van der Waals surface area contributed by atoms with Crippen LogP contribution in [0.25, 0.3) is 0 Å². The van der Waals surface area contributed by atoms with E-state index in [9.17, 15) is 13.2 Å². The van der Waals surface area contributed by atoms with E-state index < -0.39 is 10.0 Å². The molecule has 0 aromatic carbocycles. The highest BCUT2D eigenvalue weighted by atomic mass is 32.2. The third-order valence-corrected chi connectivity index (χ3v) is 7.08. The molecule has 7 nitrogen and oxygen atoms in total. The minimum atomic E-state index is -3.26. The zero-order valence-corrected chi connectivity index (χ0v) is 15.5. The zero-order chi connectivity index (χ0) is 18.0. The minimum absolute atomic E-state index is 0.0344. The molecule has 1 aromatic rings. The Hall–Kier alpha value is -1.83. The summed E-state index contributed by atoms with van der Waals surface area (Å²) in [6.45, 7) is 3.28. The van der Waals surface area contributed by atoms with Crippen LogP contribution in [0, 0.1) is 0 Å². The van der Waals surface area contributed by atoms with Gasteiger partial charge in [-0.05, 0) is 18.9 Å². The number of amides is 1. The lowest BCUT2D eigenvalue weighted by atomic mass is 10.1. The van der Waals surface area contributed by atoms with Crippen molar-refractivity contribution in [3.05, 3.63) is 18.3 Å². The highest BCUT2D eigenvalue weighted by molar-refractivity contribution is 7.93. The molecule has 1 aliphatic heterocycles. The van der Waals surface area contributed by atoms with E-state index in [0.29, 0.717) is 31.1 Å². The van der Waals surface area contributed by atoms with Crippen LogP contribution in [-0.2, 0) is 14.8 Å². The largest absolute Gasteiger partial charge is 0.474 e. The first-order valence-electron chi connectivity index (χ1n) is 8.80. The lowest BCUT2D eigenvalue weighted by molar-refractivity contribution is -0.132. The summed E-state index contributed by atoms with van der Waals surface area (Å²) >= 11 is 0. The quantitative estimate of drug-likeness (QED) is 0.766. The SMILES string of the molecule is CCC(=O)N1CCC(Oc2ccc(N(C)S(=O)(=O)C3CC3)cn2)CC1. The predicted octanol–water partition coefficient (Wildman–Crippen LogP) is 1.79. The maximum Gasteiger partial charge on any atom is 0.237 e. The van der Waals surface area contributed by atoms with Crippen LogP contribution < -0.4 is 9.04 Å². The van der Waals surface area contributed by atoms with Gasteiger partial charge in [-0.1, -0.05) is 6.92 Å². The van der Waals surface area contributed by atoms with E-state index in [2.05, 4.69) is 4.98 Å². The van der Waals surface area contributed by atoms with Crippen molar-refractivity contribution in [1.82, 2.24) is 9.88 Å². The fourth-order valence-corrected chi connectivity index (χ4v) is 4.56. The maximum atomic E-state index is 12.2. The standard InChI is InChI=1S/C17H25N3O4S/c1-3-17(21)20-10-8-14(9-11-20)24-16-7-4-13(12-18-16)19(2)25(22,23)15-5-6-15/h4,7,12,14-15H,3,5-6,8-11H2,1-2H3. The van der Waals surface area contributed by atoms with Crippen molar-refractivity contribution in [3.8, 4) is 5.88 Å². The fourth-order valence-electron chi connectivity index (χ4n) is 2.98. The van der Waals surface area contributed by atoms with Gasteiger partial charge in [0.05, 0.1) is 17.1 Å². The van der Waals surface area contributed by atoms with Crippen molar-refractivity contribution < 1.29 is 17.9 Å². The van der Waals surface area contributed by atoms with Gasteiger partial charge < -0.3 is 9.64 Å². The summed E-state index contributed by atoms with van der Waals surface area (Å²) in [7, 11) is -1.70. The van der Waals surface area contributed by atoms with Crippen LogP contribution in [0.4, 0.5) is 5.69 Å². The number of piperidine rings is 1. The van der Waals surface area contributed by atoms with Crippen LogP contribution in [0.15, 0.2) is 18.3 Å². The van der Waals surface area contributed by atoms with Crippen molar-refractivity contribution in [3.63, 3.8) is 0 Å².